The average Bonchev–Trinajstić information content (AvgIpc) is 3.10. The minimum atomic E-state index is -0.344. The first kappa shape index (κ1) is 19.8. The van der Waals surface area contributed by atoms with Crippen LogP contribution in [-0.4, -0.2) is 56.1 Å². The number of fused-ring (bicyclic) bond motifs is 1. The number of aromatic nitrogens is 1. The van der Waals surface area contributed by atoms with Gasteiger partial charge in [0.2, 0.25) is 0 Å². The Labute approximate surface area is 172 Å². The molecule has 1 aliphatic rings. The Morgan fingerprint density at radius 3 is 2.72 bits per heavy atom. The summed E-state index contributed by atoms with van der Waals surface area (Å²) in [7, 11) is 3.65. The zero-order chi connectivity index (χ0) is 20.4. The van der Waals surface area contributed by atoms with Gasteiger partial charge in [-0.25, -0.2) is 9.37 Å². The second-order valence-electron chi connectivity index (χ2n) is 7.11. The molecule has 1 fully saturated rings. The Bertz CT molecular complexity index is 1010. The van der Waals surface area contributed by atoms with Crippen molar-refractivity contribution in [3.8, 4) is 0 Å². The van der Waals surface area contributed by atoms with E-state index in [0.29, 0.717) is 21.5 Å². The topological polar surface area (TPSA) is 57.7 Å². The molecule has 3 heterocycles. The van der Waals surface area contributed by atoms with Crippen LogP contribution in [0.3, 0.4) is 0 Å². The number of halogens is 1. The van der Waals surface area contributed by atoms with E-state index in [2.05, 4.69) is 27.1 Å². The molecule has 8 heteroatoms. The van der Waals surface area contributed by atoms with Crippen LogP contribution in [0.2, 0.25) is 0 Å². The molecule has 0 unspecified atom stereocenters. The van der Waals surface area contributed by atoms with Gasteiger partial charge in [-0.2, -0.15) is 0 Å². The van der Waals surface area contributed by atoms with Gasteiger partial charge in [-0.1, -0.05) is 6.07 Å². The first-order valence-electron chi connectivity index (χ1n) is 9.46. The number of nitrogens with one attached hydrogen (secondary N) is 1. The van der Waals surface area contributed by atoms with Crippen molar-refractivity contribution in [2.45, 2.75) is 6.61 Å². The minimum absolute atomic E-state index is 0.171. The number of piperazine rings is 1. The summed E-state index contributed by atoms with van der Waals surface area (Å²) in [4.78, 5) is 22.4. The highest BCUT2D eigenvalue weighted by Gasteiger charge is 2.21. The second kappa shape index (κ2) is 8.44. The summed E-state index contributed by atoms with van der Waals surface area (Å²) in [5.74, 6) is 0.273. The number of carbonyl (C=O) groups excluding carboxylic acids is 1. The molecular weight excluding hydrogens is 391 g/mol. The van der Waals surface area contributed by atoms with Gasteiger partial charge in [0.1, 0.15) is 11.6 Å². The molecule has 1 aromatic carbocycles. The third-order valence-electron chi connectivity index (χ3n) is 5.09. The quantitative estimate of drug-likeness (QED) is 0.692. The van der Waals surface area contributed by atoms with Crippen molar-refractivity contribution in [2.75, 3.05) is 50.6 Å². The number of thiophene rings is 1. The van der Waals surface area contributed by atoms with Crippen LogP contribution >= 0.6 is 11.3 Å². The lowest BCUT2D eigenvalue weighted by Crippen LogP contribution is -2.44. The van der Waals surface area contributed by atoms with Crippen molar-refractivity contribution in [3.63, 3.8) is 0 Å². The molecule has 4 rings (SSSR count). The number of ether oxygens (including phenoxy) is 1. The summed E-state index contributed by atoms with van der Waals surface area (Å²) in [5, 5.41) is 3.33. The van der Waals surface area contributed by atoms with Gasteiger partial charge in [-0.05, 0) is 31.3 Å². The number of methoxy groups -OCH3 is 1. The van der Waals surface area contributed by atoms with Crippen molar-refractivity contribution >= 4 is 38.8 Å². The van der Waals surface area contributed by atoms with E-state index < -0.39 is 0 Å². The van der Waals surface area contributed by atoms with Gasteiger partial charge >= 0.3 is 0 Å². The van der Waals surface area contributed by atoms with Crippen LogP contribution in [0, 0.1) is 5.82 Å². The van der Waals surface area contributed by atoms with Crippen LogP contribution in [0.1, 0.15) is 15.2 Å². The molecule has 0 radical (unpaired) electrons. The Morgan fingerprint density at radius 1 is 1.24 bits per heavy atom. The van der Waals surface area contributed by atoms with E-state index >= 15 is 0 Å². The number of amides is 1. The molecule has 152 valence electrons. The summed E-state index contributed by atoms with van der Waals surface area (Å²) in [5.41, 5.74) is 1.18. The summed E-state index contributed by atoms with van der Waals surface area (Å²) in [6.45, 7) is 4.05. The lowest BCUT2D eigenvalue weighted by molar-refractivity contribution is 0.102. The van der Waals surface area contributed by atoms with E-state index in [1.54, 1.807) is 12.3 Å². The maximum absolute atomic E-state index is 14.3. The number of rotatable bonds is 5. The third kappa shape index (κ3) is 4.10. The molecule has 0 bridgehead atoms. The van der Waals surface area contributed by atoms with Crippen LogP contribution < -0.4 is 10.2 Å². The highest BCUT2D eigenvalue weighted by Crippen LogP contribution is 2.34. The minimum Gasteiger partial charge on any atom is -0.380 e. The van der Waals surface area contributed by atoms with Crippen molar-refractivity contribution in [1.29, 1.82) is 0 Å². The maximum Gasteiger partial charge on any atom is 0.266 e. The van der Waals surface area contributed by atoms with E-state index in [1.807, 2.05) is 18.2 Å². The number of pyridine rings is 1. The van der Waals surface area contributed by atoms with Crippen molar-refractivity contribution in [2.24, 2.45) is 0 Å². The lowest BCUT2D eigenvalue weighted by Gasteiger charge is -2.33. The number of carbonyl (C=O) groups is 1. The SMILES string of the molecule is COCc1c(C(=O)Nc2ccc(N3CCN(C)CC3)nc2)sc2cccc(F)c12. The molecular formula is C21H23FN4O2S. The number of hydrogen-bond donors (Lipinski definition) is 1. The van der Waals surface area contributed by atoms with Gasteiger partial charge in [0, 0.05) is 48.9 Å². The van der Waals surface area contributed by atoms with Crippen molar-refractivity contribution in [3.05, 3.63) is 52.8 Å². The molecule has 1 saturated heterocycles. The van der Waals surface area contributed by atoms with Gasteiger partial charge in [0.05, 0.1) is 23.4 Å². The molecule has 29 heavy (non-hydrogen) atoms. The van der Waals surface area contributed by atoms with E-state index in [4.69, 9.17) is 4.74 Å². The summed E-state index contributed by atoms with van der Waals surface area (Å²) in [6, 6.07) is 8.62. The third-order valence-corrected chi connectivity index (χ3v) is 6.29. The second-order valence-corrected chi connectivity index (χ2v) is 8.16. The zero-order valence-corrected chi connectivity index (χ0v) is 17.3. The van der Waals surface area contributed by atoms with Crippen LogP contribution in [0.5, 0.6) is 0 Å². The van der Waals surface area contributed by atoms with Gasteiger partial charge < -0.3 is 19.9 Å². The van der Waals surface area contributed by atoms with E-state index in [0.717, 1.165) is 36.7 Å². The Hall–Kier alpha value is -2.55. The van der Waals surface area contributed by atoms with Crippen LogP contribution in [0.4, 0.5) is 15.9 Å². The molecule has 2 aromatic heterocycles. The Kier molecular flexibility index (Phi) is 5.75. The number of anilines is 2. The monoisotopic (exact) mass is 414 g/mol. The van der Waals surface area contributed by atoms with Gasteiger partial charge in [-0.3, -0.25) is 4.79 Å². The first-order valence-corrected chi connectivity index (χ1v) is 10.3. The highest BCUT2D eigenvalue weighted by molar-refractivity contribution is 7.21. The maximum atomic E-state index is 14.3. The number of nitrogens with zero attached hydrogens (tertiary/aromatic N) is 3. The van der Waals surface area contributed by atoms with Gasteiger partial charge in [0.25, 0.3) is 5.91 Å². The number of likely N-dealkylation sites (N-methyl/N-ethyl adjacent to an activating group) is 1. The summed E-state index contributed by atoms with van der Waals surface area (Å²) in [6.07, 6.45) is 1.66. The average molecular weight is 415 g/mol. The van der Waals surface area contributed by atoms with Crippen molar-refractivity contribution in [1.82, 2.24) is 9.88 Å². The molecule has 3 aromatic rings. The van der Waals surface area contributed by atoms with Gasteiger partial charge in [0.15, 0.2) is 0 Å². The smallest absolute Gasteiger partial charge is 0.266 e. The molecule has 1 N–H and O–H groups in total. The summed E-state index contributed by atoms with van der Waals surface area (Å²) >= 11 is 1.27. The molecule has 0 aliphatic carbocycles. The fraction of sp³-hybridized carbons (Fsp3) is 0.333. The van der Waals surface area contributed by atoms with Crippen LogP contribution in [-0.2, 0) is 11.3 Å². The normalized spacial score (nSPS) is 15.1. The Balaban J connectivity index is 1.53. The van der Waals surface area contributed by atoms with Crippen LogP contribution in [0.15, 0.2) is 36.5 Å². The van der Waals surface area contributed by atoms with E-state index in [9.17, 15) is 9.18 Å². The standard InChI is InChI=1S/C21H23FN4O2S/c1-25-8-10-26(11-9-25)18-7-6-14(12-23-18)24-21(27)20-15(13-28-2)19-16(22)4-3-5-17(19)29-20/h3-7,12H,8-11,13H2,1-2H3,(H,24,27). The summed E-state index contributed by atoms with van der Waals surface area (Å²) < 4.78 is 20.3. The molecule has 1 amide bonds. The molecule has 1 aliphatic heterocycles. The predicted octanol–water partition coefficient (Wildman–Crippen LogP) is 3.59. The fourth-order valence-corrected chi connectivity index (χ4v) is 4.62. The fourth-order valence-electron chi connectivity index (χ4n) is 3.50. The molecule has 0 atom stereocenters. The Morgan fingerprint density at radius 2 is 2.03 bits per heavy atom. The molecule has 0 saturated carbocycles. The van der Waals surface area contributed by atoms with E-state index in [1.165, 1.54) is 24.5 Å². The van der Waals surface area contributed by atoms with Gasteiger partial charge in [-0.15, -0.1) is 11.3 Å². The zero-order valence-electron chi connectivity index (χ0n) is 16.4. The van der Waals surface area contributed by atoms with Crippen LogP contribution in [0.25, 0.3) is 10.1 Å². The number of hydrogen-bond acceptors (Lipinski definition) is 6. The predicted molar refractivity (Wildman–Crippen MR) is 114 cm³/mol. The largest absolute Gasteiger partial charge is 0.380 e. The highest BCUT2D eigenvalue weighted by atomic mass is 32.1. The first-order chi connectivity index (χ1) is 14.1. The lowest BCUT2D eigenvalue weighted by atomic mass is 10.1. The van der Waals surface area contributed by atoms with E-state index in [-0.39, 0.29) is 18.3 Å². The van der Waals surface area contributed by atoms with Crippen molar-refractivity contribution < 1.29 is 13.9 Å². The number of benzene rings is 1. The molecule has 0 spiro atoms. The molecule has 6 nitrogen and oxygen atoms in total.